The topological polar surface area (TPSA) is 58.1 Å². The number of nitrogens with zero attached hydrogens (tertiary/aromatic N) is 3. The van der Waals surface area contributed by atoms with E-state index in [1.807, 2.05) is 13.0 Å². The minimum Gasteiger partial charge on any atom is -0.352 e. The van der Waals surface area contributed by atoms with Crippen LogP contribution < -0.4 is 10.2 Å². The second-order valence-electron chi connectivity index (χ2n) is 6.62. The predicted octanol–water partition coefficient (Wildman–Crippen LogP) is 4.25. The van der Waals surface area contributed by atoms with Gasteiger partial charge in [-0.25, -0.2) is 9.97 Å². The summed E-state index contributed by atoms with van der Waals surface area (Å²) in [5, 5.41) is 3.53. The molecular formula is C21H19ClN4O. The summed E-state index contributed by atoms with van der Waals surface area (Å²) in [6.07, 6.45) is 2.41. The van der Waals surface area contributed by atoms with Crippen LogP contribution in [0.3, 0.4) is 0 Å². The first-order valence-corrected chi connectivity index (χ1v) is 9.19. The van der Waals surface area contributed by atoms with Crippen molar-refractivity contribution in [3.05, 3.63) is 82.3 Å². The number of halogens is 1. The molecule has 0 spiro atoms. The van der Waals surface area contributed by atoms with Crippen molar-refractivity contribution in [2.24, 2.45) is 0 Å². The Bertz CT molecular complexity index is 1000. The van der Waals surface area contributed by atoms with Crippen molar-refractivity contribution >= 4 is 29.0 Å². The predicted molar refractivity (Wildman–Crippen MR) is 107 cm³/mol. The van der Waals surface area contributed by atoms with Crippen molar-refractivity contribution in [1.82, 2.24) is 9.97 Å². The number of anilines is 2. The summed E-state index contributed by atoms with van der Waals surface area (Å²) in [7, 11) is 0. The standard InChI is InChI=1S/C21H19ClN4O/c1-14-10-17(22)6-7-18(14)25-21(27)19-11-20(24-13-23-19)26-9-8-15-4-2-3-5-16(15)12-26/h2-7,10-11,13H,8-9,12H2,1H3,(H,25,27). The monoisotopic (exact) mass is 378 g/mol. The van der Waals surface area contributed by atoms with E-state index in [9.17, 15) is 4.79 Å². The highest BCUT2D eigenvalue weighted by molar-refractivity contribution is 6.30. The summed E-state index contributed by atoms with van der Waals surface area (Å²) in [5.74, 6) is 0.499. The van der Waals surface area contributed by atoms with E-state index in [0.29, 0.717) is 10.7 Å². The van der Waals surface area contributed by atoms with Gasteiger partial charge >= 0.3 is 0 Å². The third-order valence-corrected chi connectivity index (χ3v) is 5.01. The molecule has 0 unspecified atom stereocenters. The van der Waals surface area contributed by atoms with E-state index in [0.717, 1.165) is 36.6 Å². The fourth-order valence-electron chi connectivity index (χ4n) is 3.29. The molecule has 1 amide bonds. The minimum atomic E-state index is -0.263. The number of hydrogen-bond acceptors (Lipinski definition) is 4. The molecule has 4 rings (SSSR count). The Kier molecular flexibility index (Phi) is 4.77. The molecule has 27 heavy (non-hydrogen) atoms. The average molecular weight is 379 g/mol. The van der Waals surface area contributed by atoms with Gasteiger partial charge in [-0.05, 0) is 48.2 Å². The molecular weight excluding hydrogens is 360 g/mol. The maximum absolute atomic E-state index is 12.6. The number of nitrogens with one attached hydrogen (secondary N) is 1. The van der Waals surface area contributed by atoms with E-state index < -0.39 is 0 Å². The molecule has 1 N–H and O–H groups in total. The Morgan fingerprint density at radius 3 is 2.74 bits per heavy atom. The minimum absolute atomic E-state index is 0.263. The van der Waals surface area contributed by atoms with Crippen LogP contribution in [-0.2, 0) is 13.0 Å². The smallest absolute Gasteiger partial charge is 0.274 e. The Morgan fingerprint density at radius 1 is 1.11 bits per heavy atom. The lowest BCUT2D eigenvalue weighted by atomic mass is 10.00. The molecule has 0 fully saturated rings. The zero-order chi connectivity index (χ0) is 18.8. The maximum Gasteiger partial charge on any atom is 0.274 e. The molecule has 1 aromatic heterocycles. The molecule has 0 radical (unpaired) electrons. The van der Waals surface area contributed by atoms with Crippen LogP contribution in [-0.4, -0.2) is 22.4 Å². The van der Waals surface area contributed by atoms with E-state index >= 15 is 0 Å². The van der Waals surface area contributed by atoms with Gasteiger partial charge in [-0.15, -0.1) is 0 Å². The fraction of sp³-hybridized carbons (Fsp3) is 0.190. The van der Waals surface area contributed by atoms with E-state index in [1.54, 1.807) is 18.2 Å². The van der Waals surface area contributed by atoms with Crippen LogP contribution in [0.1, 0.15) is 27.2 Å². The zero-order valence-electron chi connectivity index (χ0n) is 14.9. The first-order chi connectivity index (χ1) is 13.1. The molecule has 2 heterocycles. The SMILES string of the molecule is Cc1cc(Cl)ccc1NC(=O)c1cc(N2CCc3ccccc3C2)ncn1. The molecule has 0 bridgehead atoms. The third kappa shape index (κ3) is 3.78. The van der Waals surface area contributed by atoms with E-state index in [-0.39, 0.29) is 5.91 Å². The van der Waals surface area contributed by atoms with Gasteiger partial charge in [0.1, 0.15) is 17.8 Å². The van der Waals surface area contributed by atoms with Gasteiger partial charge in [-0.3, -0.25) is 4.79 Å². The van der Waals surface area contributed by atoms with Gasteiger partial charge in [0.2, 0.25) is 0 Å². The van der Waals surface area contributed by atoms with Crippen molar-refractivity contribution in [2.75, 3.05) is 16.8 Å². The number of hydrogen-bond donors (Lipinski definition) is 1. The molecule has 1 aliphatic heterocycles. The van der Waals surface area contributed by atoms with Crippen molar-refractivity contribution in [1.29, 1.82) is 0 Å². The van der Waals surface area contributed by atoms with E-state index in [2.05, 4.69) is 44.5 Å². The van der Waals surface area contributed by atoms with E-state index in [4.69, 9.17) is 11.6 Å². The normalized spacial score (nSPS) is 13.2. The van der Waals surface area contributed by atoms with Gasteiger partial charge in [0.15, 0.2) is 0 Å². The summed E-state index contributed by atoms with van der Waals surface area (Å²) in [6.45, 7) is 3.55. The number of carbonyl (C=O) groups is 1. The van der Waals surface area contributed by atoms with Crippen molar-refractivity contribution in [3.8, 4) is 0 Å². The van der Waals surface area contributed by atoms with Gasteiger partial charge in [0, 0.05) is 29.9 Å². The number of aryl methyl sites for hydroxylation is 1. The van der Waals surface area contributed by atoms with Gasteiger partial charge in [0.05, 0.1) is 0 Å². The van der Waals surface area contributed by atoms with Gasteiger partial charge in [-0.2, -0.15) is 0 Å². The lowest BCUT2D eigenvalue weighted by molar-refractivity contribution is 0.102. The van der Waals surface area contributed by atoms with Crippen LogP contribution in [0.25, 0.3) is 0 Å². The van der Waals surface area contributed by atoms with Crippen LogP contribution in [0.4, 0.5) is 11.5 Å². The quantitative estimate of drug-likeness (QED) is 0.740. The van der Waals surface area contributed by atoms with Crippen molar-refractivity contribution in [3.63, 3.8) is 0 Å². The molecule has 0 saturated carbocycles. The van der Waals surface area contributed by atoms with Crippen LogP contribution in [0.15, 0.2) is 54.9 Å². The second-order valence-corrected chi connectivity index (χ2v) is 7.05. The maximum atomic E-state index is 12.6. The first kappa shape index (κ1) is 17.5. The summed E-state index contributed by atoms with van der Waals surface area (Å²) >= 11 is 5.97. The number of carbonyl (C=O) groups excluding carboxylic acids is 1. The molecule has 2 aromatic carbocycles. The Labute approximate surface area is 163 Å². The highest BCUT2D eigenvalue weighted by Gasteiger charge is 2.19. The molecule has 1 aliphatic rings. The van der Waals surface area contributed by atoms with Crippen LogP contribution in [0.2, 0.25) is 5.02 Å². The second kappa shape index (κ2) is 7.37. The lowest BCUT2D eigenvalue weighted by Gasteiger charge is -2.29. The van der Waals surface area contributed by atoms with E-state index in [1.165, 1.54) is 17.5 Å². The lowest BCUT2D eigenvalue weighted by Crippen LogP contribution is -2.31. The van der Waals surface area contributed by atoms with Crippen molar-refractivity contribution in [2.45, 2.75) is 19.9 Å². The molecule has 6 heteroatoms. The third-order valence-electron chi connectivity index (χ3n) is 4.78. The summed E-state index contributed by atoms with van der Waals surface area (Å²) < 4.78 is 0. The average Bonchev–Trinajstić information content (AvgIpc) is 2.70. The molecule has 136 valence electrons. The Hall–Kier alpha value is -2.92. The summed E-state index contributed by atoms with van der Waals surface area (Å²) in [4.78, 5) is 23.3. The first-order valence-electron chi connectivity index (χ1n) is 8.81. The van der Waals surface area contributed by atoms with Gasteiger partial charge in [0.25, 0.3) is 5.91 Å². The highest BCUT2D eigenvalue weighted by atomic mass is 35.5. The Morgan fingerprint density at radius 2 is 1.93 bits per heavy atom. The van der Waals surface area contributed by atoms with Crippen LogP contribution in [0.5, 0.6) is 0 Å². The zero-order valence-corrected chi connectivity index (χ0v) is 15.7. The van der Waals surface area contributed by atoms with Crippen LogP contribution >= 0.6 is 11.6 Å². The van der Waals surface area contributed by atoms with Gasteiger partial charge in [-0.1, -0.05) is 35.9 Å². The van der Waals surface area contributed by atoms with Gasteiger partial charge < -0.3 is 10.2 Å². The number of benzene rings is 2. The molecule has 0 aliphatic carbocycles. The molecule has 0 atom stereocenters. The molecule has 5 nitrogen and oxygen atoms in total. The highest BCUT2D eigenvalue weighted by Crippen LogP contribution is 2.24. The Balaban J connectivity index is 1.53. The number of fused-ring (bicyclic) bond motifs is 1. The largest absolute Gasteiger partial charge is 0.352 e. The molecule has 3 aromatic rings. The number of amides is 1. The summed E-state index contributed by atoms with van der Waals surface area (Å²) in [5.41, 5.74) is 4.63. The number of aromatic nitrogens is 2. The number of rotatable bonds is 3. The van der Waals surface area contributed by atoms with Crippen LogP contribution in [0, 0.1) is 6.92 Å². The molecule has 0 saturated heterocycles. The van der Waals surface area contributed by atoms with Crippen molar-refractivity contribution < 1.29 is 4.79 Å². The summed E-state index contributed by atoms with van der Waals surface area (Å²) in [6, 6.07) is 15.5. The fourth-order valence-corrected chi connectivity index (χ4v) is 3.52.